The summed E-state index contributed by atoms with van der Waals surface area (Å²) in [7, 11) is 1.70. The van der Waals surface area contributed by atoms with Gasteiger partial charge in [0.05, 0.1) is 6.07 Å². The van der Waals surface area contributed by atoms with Crippen LogP contribution in [0.25, 0.3) is 0 Å². The van der Waals surface area contributed by atoms with E-state index in [-0.39, 0.29) is 11.8 Å². The molecule has 0 spiro atoms. The molecule has 1 fully saturated rings. The van der Waals surface area contributed by atoms with E-state index in [0.717, 1.165) is 38.9 Å². The molecule has 0 atom stereocenters. The SMILES string of the molecule is CNC(=O)C1CCN(CCCC#N)CC1. The van der Waals surface area contributed by atoms with E-state index in [1.807, 2.05) is 0 Å². The summed E-state index contributed by atoms with van der Waals surface area (Å²) in [5, 5.41) is 11.1. The zero-order valence-corrected chi connectivity index (χ0v) is 9.33. The van der Waals surface area contributed by atoms with E-state index in [4.69, 9.17) is 5.26 Å². The number of likely N-dealkylation sites (tertiary alicyclic amines) is 1. The second-order valence-corrected chi connectivity index (χ2v) is 3.99. The molecule has 1 aliphatic heterocycles. The first-order valence-corrected chi connectivity index (χ1v) is 5.59. The fraction of sp³-hybridized carbons (Fsp3) is 0.818. The molecule has 0 aromatic rings. The Balaban J connectivity index is 2.18. The Morgan fingerprint density at radius 1 is 1.53 bits per heavy atom. The third kappa shape index (κ3) is 3.88. The molecule has 1 amide bonds. The number of hydrogen-bond acceptors (Lipinski definition) is 3. The van der Waals surface area contributed by atoms with Crippen LogP contribution in [-0.2, 0) is 4.79 Å². The predicted molar refractivity (Wildman–Crippen MR) is 58.1 cm³/mol. The summed E-state index contributed by atoms with van der Waals surface area (Å²) in [6.07, 6.45) is 3.48. The second kappa shape index (κ2) is 6.41. The Bertz CT molecular complexity index is 239. The quantitative estimate of drug-likeness (QED) is 0.695. The van der Waals surface area contributed by atoms with E-state index in [9.17, 15) is 4.79 Å². The van der Waals surface area contributed by atoms with Crippen molar-refractivity contribution in [2.45, 2.75) is 25.7 Å². The minimum atomic E-state index is 0.173. The average Bonchev–Trinajstić information content (AvgIpc) is 2.29. The highest BCUT2D eigenvalue weighted by Gasteiger charge is 2.23. The molecule has 0 aromatic carbocycles. The van der Waals surface area contributed by atoms with Crippen LogP contribution in [0, 0.1) is 17.2 Å². The highest BCUT2D eigenvalue weighted by Crippen LogP contribution is 2.17. The Morgan fingerprint density at radius 2 is 2.20 bits per heavy atom. The molecule has 4 heteroatoms. The number of hydrogen-bond donors (Lipinski definition) is 1. The van der Waals surface area contributed by atoms with Crippen LogP contribution in [0.15, 0.2) is 0 Å². The summed E-state index contributed by atoms with van der Waals surface area (Å²) in [5.74, 6) is 0.369. The highest BCUT2D eigenvalue weighted by molar-refractivity contribution is 5.78. The van der Waals surface area contributed by atoms with Crippen molar-refractivity contribution < 1.29 is 4.79 Å². The number of amides is 1. The van der Waals surface area contributed by atoms with Crippen LogP contribution < -0.4 is 5.32 Å². The first kappa shape index (κ1) is 12.0. The summed E-state index contributed by atoms with van der Waals surface area (Å²) >= 11 is 0. The van der Waals surface area contributed by atoms with Crippen molar-refractivity contribution in [2.24, 2.45) is 5.92 Å². The summed E-state index contributed by atoms with van der Waals surface area (Å²) in [6, 6.07) is 2.15. The molecule has 0 aromatic heterocycles. The lowest BCUT2D eigenvalue weighted by Crippen LogP contribution is -2.39. The largest absolute Gasteiger partial charge is 0.359 e. The average molecular weight is 209 g/mol. The smallest absolute Gasteiger partial charge is 0.222 e. The van der Waals surface area contributed by atoms with Gasteiger partial charge in [0.15, 0.2) is 0 Å². The van der Waals surface area contributed by atoms with Gasteiger partial charge in [-0.3, -0.25) is 4.79 Å². The highest BCUT2D eigenvalue weighted by atomic mass is 16.1. The van der Waals surface area contributed by atoms with Gasteiger partial charge in [-0.15, -0.1) is 0 Å². The molecule has 1 aliphatic rings. The molecule has 1 heterocycles. The molecule has 1 saturated heterocycles. The maximum Gasteiger partial charge on any atom is 0.222 e. The molecular formula is C11H19N3O. The number of carbonyl (C=O) groups is 1. The molecule has 0 saturated carbocycles. The lowest BCUT2D eigenvalue weighted by molar-refractivity contribution is -0.125. The molecule has 4 nitrogen and oxygen atoms in total. The summed E-state index contributed by atoms with van der Waals surface area (Å²) in [5.41, 5.74) is 0. The summed E-state index contributed by atoms with van der Waals surface area (Å²) in [6.45, 7) is 2.97. The van der Waals surface area contributed by atoms with Gasteiger partial charge in [0.25, 0.3) is 0 Å². The number of unbranched alkanes of at least 4 members (excludes halogenated alkanes) is 1. The number of nitrogens with one attached hydrogen (secondary N) is 1. The molecular weight excluding hydrogens is 190 g/mol. The van der Waals surface area contributed by atoms with Crippen molar-refractivity contribution in [2.75, 3.05) is 26.7 Å². The van der Waals surface area contributed by atoms with Crippen molar-refractivity contribution in [1.29, 1.82) is 5.26 Å². The van der Waals surface area contributed by atoms with E-state index in [2.05, 4.69) is 16.3 Å². The minimum Gasteiger partial charge on any atom is -0.359 e. The second-order valence-electron chi connectivity index (χ2n) is 3.99. The molecule has 0 unspecified atom stereocenters. The fourth-order valence-corrected chi connectivity index (χ4v) is 2.00. The van der Waals surface area contributed by atoms with E-state index in [0.29, 0.717) is 6.42 Å². The van der Waals surface area contributed by atoms with Gasteiger partial charge in [-0.1, -0.05) is 0 Å². The van der Waals surface area contributed by atoms with Gasteiger partial charge in [-0.05, 0) is 38.9 Å². The van der Waals surface area contributed by atoms with Gasteiger partial charge in [0, 0.05) is 19.4 Å². The van der Waals surface area contributed by atoms with Crippen LogP contribution in [0.5, 0.6) is 0 Å². The summed E-state index contributed by atoms with van der Waals surface area (Å²) < 4.78 is 0. The van der Waals surface area contributed by atoms with Gasteiger partial charge in [0.1, 0.15) is 0 Å². The van der Waals surface area contributed by atoms with Crippen LogP contribution >= 0.6 is 0 Å². The van der Waals surface area contributed by atoms with Gasteiger partial charge < -0.3 is 10.2 Å². The Kier molecular flexibility index (Phi) is 5.13. The van der Waals surface area contributed by atoms with Crippen molar-refractivity contribution in [3.05, 3.63) is 0 Å². The zero-order valence-electron chi connectivity index (χ0n) is 9.33. The lowest BCUT2D eigenvalue weighted by Gasteiger charge is -2.30. The van der Waals surface area contributed by atoms with Crippen molar-refractivity contribution >= 4 is 5.91 Å². The van der Waals surface area contributed by atoms with Gasteiger partial charge in [0.2, 0.25) is 5.91 Å². The lowest BCUT2D eigenvalue weighted by atomic mass is 9.96. The number of piperidine rings is 1. The maximum absolute atomic E-state index is 11.4. The van der Waals surface area contributed by atoms with Crippen molar-refractivity contribution in [3.63, 3.8) is 0 Å². The third-order valence-electron chi connectivity index (χ3n) is 2.97. The van der Waals surface area contributed by atoms with E-state index < -0.39 is 0 Å². The van der Waals surface area contributed by atoms with Crippen molar-refractivity contribution in [1.82, 2.24) is 10.2 Å². The van der Waals surface area contributed by atoms with Crippen LogP contribution in [0.1, 0.15) is 25.7 Å². The molecule has 0 aliphatic carbocycles. The summed E-state index contributed by atoms with van der Waals surface area (Å²) in [4.78, 5) is 13.7. The van der Waals surface area contributed by atoms with E-state index in [1.54, 1.807) is 7.05 Å². The van der Waals surface area contributed by atoms with Crippen LogP contribution in [0.4, 0.5) is 0 Å². The first-order chi connectivity index (χ1) is 7.27. The normalized spacial score (nSPS) is 18.4. The molecule has 15 heavy (non-hydrogen) atoms. The van der Waals surface area contributed by atoms with Gasteiger partial charge in [-0.25, -0.2) is 0 Å². The standard InChI is InChI=1S/C11H19N3O/c1-13-11(15)10-4-8-14(9-5-10)7-3-2-6-12/h10H,2-5,7-9H2,1H3,(H,13,15). The van der Waals surface area contributed by atoms with E-state index >= 15 is 0 Å². The molecule has 84 valence electrons. The Hall–Kier alpha value is -1.08. The first-order valence-electron chi connectivity index (χ1n) is 5.59. The Morgan fingerprint density at radius 3 is 2.73 bits per heavy atom. The predicted octanol–water partition coefficient (Wildman–Crippen LogP) is 0.748. The van der Waals surface area contributed by atoms with Gasteiger partial charge in [-0.2, -0.15) is 5.26 Å². The monoisotopic (exact) mass is 209 g/mol. The van der Waals surface area contributed by atoms with Crippen molar-refractivity contribution in [3.8, 4) is 6.07 Å². The van der Waals surface area contributed by atoms with E-state index in [1.165, 1.54) is 0 Å². The van der Waals surface area contributed by atoms with Crippen LogP contribution in [-0.4, -0.2) is 37.5 Å². The number of nitriles is 1. The number of rotatable bonds is 4. The van der Waals surface area contributed by atoms with Gasteiger partial charge >= 0.3 is 0 Å². The zero-order chi connectivity index (χ0) is 11.1. The third-order valence-corrected chi connectivity index (χ3v) is 2.97. The van der Waals surface area contributed by atoms with Crippen LogP contribution in [0.3, 0.4) is 0 Å². The fourth-order valence-electron chi connectivity index (χ4n) is 2.00. The molecule has 1 N–H and O–H groups in total. The number of nitrogens with zero attached hydrogens (tertiary/aromatic N) is 2. The maximum atomic E-state index is 11.4. The molecule has 0 bridgehead atoms. The minimum absolute atomic E-state index is 0.173. The number of carbonyl (C=O) groups excluding carboxylic acids is 1. The molecule has 1 rings (SSSR count). The topological polar surface area (TPSA) is 56.1 Å². The van der Waals surface area contributed by atoms with Crippen LogP contribution in [0.2, 0.25) is 0 Å². The Labute approximate surface area is 91.2 Å². The molecule has 0 radical (unpaired) electrons.